The molecule has 1 aromatic heterocycles. The van der Waals surface area contributed by atoms with Crippen molar-refractivity contribution in [2.75, 3.05) is 6.54 Å². The second kappa shape index (κ2) is 7.81. The summed E-state index contributed by atoms with van der Waals surface area (Å²) >= 11 is 3.42. The Balaban J connectivity index is 0.00000242. The smallest absolute Gasteiger partial charge is 0.254 e. The Hall–Kier alpha value is -1.30. The van der Waals surface area contributed by atoms with Crippen molar-refractivity contribution in [2.24, 2.45) is 5.73 Å². The van der Waals surface area contributed by atoms with Crippen molar-refractivity contribution in [1.82, 2.24) is 5.32 Å². The SMILES string of the molecule is CC(C)(CNC(=O)c1coc(CN)c1)c1ccc(Br)cc1.Cl. The Morgan fingerprint density at radius 1 is 1.32 bits per heavy atom. The number of carbonyl (C=O) groups is 1. The fourth-order valence-corrected chi connectivity index (χ4v) is 2.28. The lowest BCUT2D eigenvalue weighted by Gasteiger charge is -2.25. The molecule has 6 heteroatoms. The van der Waals surface area contributed by atoms with E-state index in [-0.39, 0.29) is 30.3 Å². The first-order valence-electron chi connectivity index (χ1n) is 6.74. The zero-order valence-corrected chi connectivity index (χ0v) is 15.0. The van der Waals surface area contributed by atoms with Crippen LogP contribution in [0.3, 0.4) is 0 Å². The molecule has 1 amide bonds. The molecule has 120 valence electrons. The number of halogens is 2. The molecule has 0 radical (unpaired) electrons. The van der Waals surface area contributed by atoms with Crippen LogP contribution in [-0.4, -0.2) is 12.5 Å². The van der Waals surface area contributed by atoms with E-state index in [1.807, 2.05) is 12.1 Å². The van der Waals surface area contributed by atoms with Gasteiger partial charge in [-0.1, -0.05) is 41.9 Å². The van der Waals surface area contributed by atoms with Crippen LogP contribution in [0, 0.1) is 0 Å². The standard InChI is InChI=1S/C16H19BrN2O2.ClH/c1-16(2,12-3-5-13(17)6-4-12)10-19-15(20)11-7-14(8-18)21-9-11;/h3-7,9H,8,10,18H2,1-2H3,(H,19,20);1H. The van der Waals surface area contributed by atoms with Gasteiger partial charge in [0.1, 0.15) is 12.0 Å². The van der Waals surface area contributed by atoms with Crippen molar-refractivity contribution in [2.45, 2.75) is 25.8 Å². The number of nitrogens with two attached hydrogens (primary N) is 1. The van der Waals surface area contributed by atoms with Gasteiger partial charge >= 0.3 is 0 Å². The zero-order valence-electron chi connectivity index (χ0n) is 12.6. The van der Waals surface area contributed by atoms with E-state index in [1.54, 1.807) is 6.07 Å². The molecule has 1 heterocycles. The lowest BCUT2D eigenvalue weighted by molar-refractivity contribution is 0.0945. The van der Waals surface area contributed by atoms with Gasteiger partial charge in [-0.15, -0.1) is 12.4 Å². The van der Waals surface area contributed by atoms with Gasteiger partial charge < -0.3 is 15.5 Å². The summed E-state index contributed by atoms with van der Waals surface area (Å²) in [5.74, 6) is 0.455. The van der Waals surface area contributed by atoms with E-state index in [0.717, 1.165) is 4.47 Å². The predicted molar refractivity (Wildman–Crippen MR) is 93.3 cm³/mol. The minimum atomic E-state index is -0.156. The number of rotatable bonds is 5. The first-order valence-corrected chi connectivity index (χ1v) is 7.53. The van der Waals surface area contributed by atoms with E-state index < -0.39 is 0 Å². The van der Waals surface area contributed by atoms with Crippen molar-refractivity contribution >= 4 is 34.2 Å². The highest BCUT2D eigenvalue weighted by atomic mass is 79.9. The van der Waals surface area contributed by atoms with Crippen LogP contribution in [0.15, 0.2) is 45.5 Å². The van der Waals surface area contributed by atoms with Gasteiger partial charge in [0.2, 0.25) is 0 Å². The van der Waals surface area contributed by atoms with Crippen molar-refractivity contribution < 1.29 is 9.21 Å². The predicted octanol–water partition coefficient (Wildman–Crippen LogP) is 3.63. The van der Waals surface area contributed by atoms with Gasteiger partial charge in [-0.25, -0.2) is 0 Å². The average molecular weight is 388 g/mol. The summed E-state index contributed by atoms with van der Waals surface area (Å²) in [5.41, 5.74) is 6.98. The molecule has 0 saturated carbocycles. The topological polar surface area (TPSA) is 68.3 Å². The lowest BCUT2D eigenvalue weighted by atomic mass is 9.84. The van der Waals surface area contributed by atoms with E-state index in [9.17, 15) is 4.79 Å². The second-order valence-electron chi connectivity index (χ2n) is 5.58. The van der Waals surface area contributed by atoms with Crippen LogP contribution in [-0.2, 0) is 12.0 Å². The summed E-state index contributed by atoms with van der Waals surface area (Å²) in [6.45, 7) is 5.02. The Morgan fingerprint density at radius 3 is 2.50 bits per heavy atom. The van der Waals surface area contributed by atoms with Gasteiger partial charge in [0.25, 0.3) is 5.91 Å². The van der Waals surface area contributed by atoms with Gasteiger partial charge in [0.15, 0.2) is 0 Å². The number of nitrogens with one attached hydrogen (secondary N) is 1. The first kappa shape index (κ1) is 18.7. The maximum atomic E-state index is 12.1. The molecular weight excluding hydrogens is 368 g/mol. The van der Waals surface area contributed by atoms with Crippen LogP contribution in [0.2, 0.25) is 0 Å². The van der Waals surface area contributed by atoms with Gasteiger partial charge in [0, 0.05) is 16.4 Å². The first-order chi connectivity index (χ1) is 9.92. The fourth-order valence-electron chi connectivity index (χ4n) is 2.01. The highest BCUT2D eigenvalue weighted by molar-refractivity contribution is 9.10. The van der Waals surface area contributed by atoms with E-state index in [4.69, 9.17) is 10.2 Å². The molecule has 0 saturated heterocycles. The van der Waals surface area contributed by atoms with Crippen molar-refractivity contribution in [3.8, 4) is 0 Å². The molecule has 0 aliphatic carbocycles. The molecule has 0 spiro atoms. The van der Waals surface area contributed by atoms with E-state index in [2.05, 4.69) is 47.2 Å². The number of hydrogen-bond acceptors (Lipinski definition) is 3. The molecule has 0 unspecified atom stereocenters. The number of hydrogen-bond donors (Lipinski definition) is 2. The van der Waals surface area contributed by atoms with Gasteiger partial charge in [0.05, 0.1) is 12.1 Å². The minimum Gasteiger partial charge on any atom is -0.467 e. The van der Waals surface area contributed by atoms with Crippen molar-refractivity contribution in [3.05, 3.63) is 58.0 Å². The third-order valence-corrected chi connectivity index (χ3v) is 3.96. The zero-order chi connectivity index (χ0) is 15.5. The van der Waals surface area contributed by atoms with Crippen LogP contribution >= 0.6 is 28.3 Å². The maximum absolute atomic E-state index is 12.1. The summed E-state index contributed by atoms with van der Waals surface area (Å²) < 4.78 is 6.21. The van der Waals surface area contributed by atoms with E-state index in [0.29, 0.717) is 17.9 Å². The average Bonchev–Trinajstić information content (AvgIpc) is 2.94. The highest BCUT2D eigenvalue weighted by Crippen LogP contribution is 2.24. The maximum Gasteiger partial charge on any atom is 0.254 e. The monoisotopic (exact) mass is 386 g/mol. The molecule has 0 atom stereocenters. The van der Waals surface area contributed by atoms with Crippen molar-refractivity contribution in [1.29, 1.82) is 0 Å². The Morgan fingerprint density at radius 2 is 1.95 bits per heavy atom. The summed E-state index contributed by atoms with van der Waals surface area (Å²) in [5, 5.41) is 2.94. The molecule has 4 nitrogen and oxygen atoms in total. The summed E-state index contributed by atoms with van der Waals surface area (Å²) in [6.07, 6.45) is 1.43. The quantitative estimate of drug-likeness (QED) is 0.823. The van der Waals surface area contributed by atoms with Crippen LogP contribution in [0.1, 0.15) is 35.5 Å². The van der Waals surface area contributed by atoms with Crippen LogP contribution in [0.4, 0.5) is 0 Å². The molecule has 2 rings (SSSR count). The number of furan rings is 1. The molecule has 22 heavy (non-hydrogen) atoms. The molecule has 0 aliphatic heterocycles. The summed E-state index contributed by atoms with van der Waals surface area (Å²) in [6, 6.07) is 9.79. The second-order valence-corrected chi connectivity index (χ2v) is 6.49. The third-order valence-electron chi connectivity index (χ3n) is 3.43. The minimum absolute atomic E-state index is 0. The van der Waals surface area contributed by atoms with Crippen molar-refractivity contribution in [3.63, 3.8) is 0 Å². The normalized spacial score (nSPS) is 10.9. The molecule has 0 fully saturated rings. The largest absolute Gasteiger partial charge is 0.467 e. The molecule has 0 bridgehead atoms. The number of carbonyl (C=O) groups excluding carboxylic acids is 1. The Labute approximate surface area is 145 Å². The fraction of sp³-hybridized carbons (Fsp3) is 0.312. The Kier molecular flexibility index (Phi) is 6.66. The molecule has 1 aromatic carbocycles. The molecular formula is C16H20BrClN2O2. The molecule has 3 N–H and O–H groups in total. The van der Waals surface area contributed by atoms with Gasteiger partial charge in [-0.05, 0) is 23.8 Å². The van der Waals surface area contributed by atoms with E-state index >= 15 is 0 Å². The van der Waals surface area contributed by atoms with Crippen LogP contribution in [0.25, 0.3) is 0 Å². The summed E-state index contributed by atoms with van der Waals surface area (Å²) in [7, 11) is 0. The van der Waals surface area contributed by atoms with Crippen LogP contribution < -0.4 is 11.1 Å². The molecule has 0 aliphatic rings. The number of amides is 1. The summed E-state index contributed by atoms with van der Waals surface area (Å²) in [4.78, 5) is 12.1. The molecule has 2 aromatic rings. The van der Waals surface area contributed by atoms with Crippen LogP contribution in [0.5, 0.6) is 0 Å². The van der Waals surface area contributed by atoms with E-state index in [1.165, 1.54) is 11.8 Å². The third kappa shape index (κ3) is 4.60. The van der Waals surface area contributed by atoms with Gasteiger partial charge in [-0.2, -0.15) is 0 Å². The number of benzene rings is 1. The highest BCUT2D eigenvalue weighted by Gasteiger charge is 2.22. The Bertz CT molecular complexity index is 623. The lowest BCUT2D eigenvalue weighted by Crippen LogP contribution is -2.36. The van der Waals surface area contributed by atoms with Gasteiger partial charge in [-0.3, -0.25) is 4.79 Å².